The van der Waals surface area contributed by atoms with Crippen molar-refractivity contribution in [3.05, 3.63) is 29.6 Å². The Labute approximate surface area is 114 Å². The molecule has 1 aliphatic rings. The molecule has 19 heavy (non-hydrogen) atoms. The molecular formula is C15H23N3O. The van der Waals surface area contributed by atoms with Gasteiger partial charge in [0, 0.05) is 12.2 Å². The molecule has 0 aromatic carbocycles. The van der Waals surface area contributed by atoms with Gasteiger partial charge in [0.15, 0.2) is 0 Å². The van der Waals surface area contributed by atoms with E-state index in [2.05, 4.69) is 10.3 Å². The summed E-state index contributed by atoms with van der Waals surface area (Å²) in [5.74, 6) is 0.0954. The summed E-state index contributed by atoms with van der Waals surface area (Å²) in [6.45, 7) is 2.89. The van der Waals surface area contributed by atoms with E-state index in [-0.39, 0.29) is 11.3 Å². The third-order valence-electron chi connectivity index (χ3n) is 4.06. The summed E-state index contributed by atoms with van der Waals surface area (Å²) >= 11 is 0. The van der Waals surface area contributed by atoms with Gasteiger partial charge >= 0.3 is 0 Å². The fraction of sp³-hybridized carbons (Fsp3) is 0.600. The second-order valence-electron chi connectivity index (χ2n) is 5.50. The smallest absolute Gasteiger partial charge is 0.227 e. The van der Waals surface area contributed by atoms with E-state index in [4.69, 9.17) is 5.73 Å². The maximum absolute atomic E-state index is 12.4. The Hall–Kier alpha value is -1.42. The van der Waals surface area contributed by atoms with E-state index in [1.807, 2.05) is 25.1 Å². The molecule has 0 radical (unpaired) electrons. The van der Waals surface area contributed by atoms with E-state index in [0.29, 0.717) is 13.1 Å². The summed E-state index contributed by atoms with van der Waals surface area (Å²) in [6, 6.07) is 5.85. The number of amides is 1. The fourth-order valence-electron chi connectivity index (χ4n) is 2.81. The van der Waals surface area contributed by atoms with Gasteiger partial charge in [-0.05, 0) is 31.9 Å². The van der Waals surface area contributed by atoms with E-state index in [1.54, 1.807) is 0 Å². The molecule has 0 atom stereocenters. The van der Waals surface area contributed by atoms with E-state index < -0.39 is 0 Å². The molecule has 1 aliphatic carbocycles. The van der Waals surface area contributed by atoms with E-state index in [1.165, 1.54) is 6.42 Å². The van der Waals surface area contributed by atoms with Crippen LogP contribution < -0.4 is 11.1 Å². The van der Waals surface area contributed by atoms with E-state index in [9.17, 15) is 4.79 Å². The van der Waals surface area contributed by atoms with Crippen molar-refractivity contribution < 1.29 is 4.79 Å². The molecule has 1 amide bonds. The minimum atomic E-state index is -0.345. The zero-order valence-corrected chi connectivity index (χ0v) is 11.6. The summed E-state index contributed by atoms with van der Waals surface area (Å²) in [7, 11) is 0. The minimum absolute atomic E-state index is 0.0954. The monoisotopic (exact) mass is 261 g/mol. The van der Waals surface area contributed by atoms with Crippen molar-refractivity contribution in [2.24, 2.45) is 11.1 Å². The Morgan fingerprint density at radius 2 is 2.11 bits per heavy atom. The third-order valence-corrected chi connectivity index (χ3v) is 4.06. The lowest BCUT2D eigenvalue weighted by molar-refractivity contribution is -0.132. The van der Waals surface area contributed by atoms with Crippen LogP contribution in [0.3, 0.4) is 0 Å². The predicted molar refractivity (Wildman–Crippen MR) is 75.4 cm³/mol. The number of nitrogens with zero attached hydrogens (tertiary/aromatic N) is 1. The molecular weight excluding hydrogens is 238 g/mol. The van der Waals surface area contributed by atoms with E-state index in [0.717, 1.165) is 37.1 Å². The predicted octanol–water partition coefficient (Wildman–Crippen LogP) is 1.92. The molecule has 4 heteroatoms. The van der Waals surface area contributed by atoms with Gasteiger partial charge in [-0.3, -0.25) is 9.78 Å². The molecule has 0 aliphatic heterocycles. The van der Waals surface area contributed by atoms with Crippen molar-refractivity contribution in [1.29, 1.82) is 0 Å². The molecule has 1 saturated carbocycles. The zero-order chi connectivity index (χ0) is 13.7. The average Bonchev–Trinajstić information content (AvgIpc) is 2.45. The molecule has 0 unspecified atom stereocenters. The van der Waals surface area contributed by atoms with Gasteiger partial charge in [0.05, 0.1) is 17.7 Å². The second kappa shape index (κ2) is 6.15. The fourth-order valence-corrected chi connectivity index (χ4v) is 2.81. The summed E-state index contributed by atoms with van der Waals surface area (Å²) in [4.78, 5) is 16.8. The van der Waals surface area contributed by atoms with Gasteiger partial charge in [-0.1, -0.05) is 25.3 Å². The third kappa shape index (κ3) is 3.32. The van der Waals surface area contributed by atoms with E-state index >= 15 is 0 Å². The highest BCUT2D eigenvalue weighted by molar-refractivity contribution is 5.82. The van der Waals surface area contributed by atoms with Crippen molar-refractivity contribution in [2.45, 2.75) is 45.6 Å². The minimum Gasteiger partial charge on any atom is -0.350 e. The highest BCUT2D eigenvalue weighted by atomic mass is 16.2. The molecule has 0 spiro atoms. The summed E-state index contributed by atoms with van der Waals surface area (Å²) in [5.41, 5.74) is 7.38. The number of pyridine rings is 1. The summed E-state index contributed by atoms with van der Waals surface area (Å²) in [5, 5.41) is 3.01. The van der Waals surface area contributed by atoms with Crippen LogP contribution in [0.25, 0.3) is 0 Å². The van der Waals surface area contributed by atoms with Crippen LogP contribution in [0, 0.1) is 12.3 Å². The van der Waals surface area contributed by atoms with Gasteiger partial charge in [0.25, 0.3) is 0 Å². The molecule has 0 bridgehead atoms. The first-order valence-corrected chi connectivity index (χ1v) is 7.07. The SMILES string of the molecule is Cc1cccc(CNC(=O)C2(CN)CCCCC2)n1. The van der Waals surface area contributed by atoms with Crippen LogP contribution in [0.5, 0.6) is 0 Å². The number of nitrogens with one attached hydrogen (secondary N) is 1. The van der Waals surface area contributed by atoms with Gasteiger partial charge in [-0.2, -0.15) is 0 Å². The Morgan fingerprint density at radius 1 is 1.37 bits per heavy atom. The number of nitrogens with two attached hydrogens (primary N) is 1. The van der Waals surface area contributed by atoms with Crippen molar-refractivity contribution >= 4 is 5.91 Å². The zero-order valence-electron chi connectivity index (χ0n) is 11.6. The van der Waals surface area contributed by atoms with Gasteiger partial charge in [0.2, 0.25) is 5.91 Å². The molecule has 1 fully saturated rings. The molecule has 0 saturated heterocycles. The highest BCUT2D eigenvalue weighted by Crippen LogP contribution is 2.35. The van der Waals surface area contributed by atoms with Crippen LogP contribution in [0.4, 0.5) is 0 Å². The quantitative estimate of drug-likeness (QED) is 0.870. The summed E-state index contributed by atoms with van der Waals surface area (Å²) in [6.07, 6.45) is 5.25. The average molecular weight is 261 g/mol. The molecule has 1 aromatic rings. The van der Waals surface area contributed by atoms with Crippen LogP contribution >= 0.6 is 0 Å². The molecule has 1 heterocycles. The Kier molecular flexibility index (Phi) is 4.53. The number of carbonyl (C=O) groups excluding carboxylic acids is 1. The molecule has 2 rings (SSSR count). The molecule has 104 valence electrons. The van der Waals surface area contributed by atoms with Crippen molar-refractivity contribution in [2.75, 3.05) is 6.54 Å². The van der Waals surface area contributed by atoms with Crippen LogP contribution in [-0.4, -0.2) is 17.4 Å². The Balaban J connectivity index is 1.96. The van der Waals surface area contributed by atoms with Crippen LogP contribution in [0.1, 0.15) is 43.5 Å². The number of aromatic nitrogens is 1. The first-order valence-electron chi connectivity index (χ1n) is 7.07. The van der Waals surface area contributed by atoms with Crippen LogP contribution in [0.15, 0.2) is 18.2 Å². The molecule has 3 N–H and O–H groups in total. The number of rotatable bonds is 4. The Morgan fingerprint density at radius 3 is 2.74 bits per heavy atom. The normalized spacial score (nSPS) is 18.0. The first kappa shape index (κ1) is 14.0. The highest BCUT2D eigenvalue weighted by Gasteiger charge is 2.37. The lowest BCUT2D eigenvalue weighted by Gasteiger charge is -2.34. The van der Waals surface area contributed by atoms with Crippen molar-refractivity contribution in [3.8, 4) is 0 Å². The summed E-state index contributed by atoms with van der Waals surface area (Å²) < 4.78 is 0. The number of aryl methyl sites for hydroxylation is 1. The van der Waals surface area contributed by atoms with Crippen molar-refractivity contribution in [3.63, 3.8) is 0 Å². The maximum Gasteiger partial charge on any atom is 0.227 e. The van der Waals surface area contributed by atoms with Crippen molar-refractivity contribution in [1.82, 2.24) is 10.3 Å². The number of hydrogen-bond acceptors (Lipinski definition) is 3. The topological polar surface area (TPSA) is 68.0 Å². The van der Waals surface area contributed by atoms with Crippen LogP contribution in [-0.2, 0) is 11.3 Å². The maximum atomic E-state index is 12.4. The molecule has 1 aromatic heterocycles. The van der Waals surface area contributed by atoms with Gasteiger partial charge in [0.1, 0.15) is 0 Å². The number of carbonyl (C=O) groups is 1. The van der Waals surface area contributed by atoms with Gasteiger partial charge in [-0.25, -0.2) is 0 Å². The first-order chi connectivity index (χ1) is 9.16. The largest absolute Gasteiger partial charge is 0.350 e. The molecule has 4 nitrogen and oxygen atoms in total. The standard InChI is InChI=1S/C15H23N3O/c1-12-6-5-7-13(18-12)10-17-14(19)15(11-16)8-3-2-4-9-15/h5-7H,2-4,8-11,16H2,1H3,(H,17,19). The lowest BCUT2D eigenvalue weighted by atomic mass is 9.73. The van der Waals surface area contributed by atoms with Gasteiger partial charge in [-0.15, -0.1) is 0 Å². The number of hydrogen-bond donors (Lipinski definition) is 2. The Bertz CT molecular complexity index is 439. The second-order valence-corrected chi connectivity index (χ2v) is 5.50. The lowest BCUT2D eigenvalue weighted by Crippen LogP contribution is -2.46. The van der Waals surface area contributed by atoms with Gasteiger partial charge < -0.3 is 11.1 Å². The van der Waals surface area contributed by atoms with Crippen LogP contribution in [0.2, 0.25) is 0 Å².